The average molecular weight is 403 g/mol. The average Bonchev–Trinajstić information content (AvgIpc) is 2.53. The van der Waals surface area contributed by atoms with Crippen LogP contribution in [0.4, 0.5) is 0 Å². The van der Waals surface area contributed by atoms with Gasteiger partial charge in [0.25, 0.3) is 0 Å². The number of nitrogens with two attached hydrogens (primary N) is 1. The second kappa shape index (κ2) is 8.16. The number of halogens is 2. The summed E-state index contributed by atoms with van der Waals surface area (Å²) in [4.78, 5) is 10.7. The number of nitrogens with one attached hydrogen (secondary N) is 1. The normalized spacial score (nSPS) is 12.8. The molecule has 134 valence electrons. The van der Waals surface area contributed by atoms with Crippen LogP contribution in [0, 0.1) is 0 Å². The summed E-state index contributed by atoms with van der Waals surface area (Å²) in [5.74, 6) is -1.07. The van der Waals surface area contributed by atoms with Crippen LogP contribution in [-0.4, -0.2) is 25.5 Å². The van der Waals surface area contributed by atoms with Crippen LogP contribution in [0.15, 0.2) is 47.4 Å². The third-order valence-electron chi connectivity index (χ3n) is 3.41. The van der Waals surface area contributed by atoms with Crippen LogP contribution in [0.5, 0.6) is 0 Å². The summed E-state index contributed by atoms with van der Waals surface area (Å²) in [6.07, 6.45) is 0.197. The molecule has 0 aliphatic rings. The summed E-state index contributed by atoms with van der Waals surface area (Å²) < 4.78 is 27.0. The van der Waals surface area contributed by atoms with Crippen molar-refractivity contribution >= 4 is 39.2 Å². The van der Waals surface area contributed by atoms with Gasteiger partial charge in [-0.05, 0) is 35.7 Å². The molecule has 2 rings (SSSR count). The number of rotatable bonds is 7. The number of sulfonamides is 1. The molecule has 9 heteroatoms. The summed E-state index contributed by atoms with van der Waals surface area (Å²) in [7, 11) is -3.76. The molecule has 0 saturated carbocycles. The summed E-state index contributed by atoms with van der Waals surface area (Å²) in [5, 5.41) is 9.26. The van der Waals surface area contributed by atoms with Crippen LogP contribution in [0.3, 0.4) is 0 Å². The van der Waals surface area contributed by atoms with E-state index in [4.69, 9.17) is 34.0 Å². The first kappa shape index (κ1) is 19.7. The molecular weight excluding hydrogens is 387 g/mol. The van der Waals surface area contributed by atoms with E-state index in [1.54, 1.807) is 24.3 Å². The lowest BCUT2D eigenvalue weighted by Crippen LogP contribution is -2.32. The molecule has 0 bridgehead atoms. The van der Waals surface area contributed by atoms with Crippen molar-refractivity contribution in [2.24, 2.45) is 5.73 Å². The van der Waals surface area contributed by atoms with E-state index in [2.05, 4.69) is 4.72 Å². The standard InChI is InChI=1S/C16H16Cl2N2O4S/c17-12-6-13(18)8-14(7-12)25(23,24)20-9-11-3-1-10(2-4-11)5-15(19)16(21)22/h1-4,6-8,15,20H,5,9,19H2,(H,21,22)/t15-/m0/s1. The van der Waals surface area contributed by atoms with E-state index >= 15 is 0 Å². The molecule has 0 aliphatic heterocycles. The Kier molecular flexibility index (Phi) is 6.42. The molecule has 0 aliphatic carbocycles. The highest BCUT2D eigenvalue weighted by molar-refractivity contribution is 7.89. The molecule has 0 spiro atoms. The fraction of sp³-hybridized carbons (Fsp3) is 0.188. The van der Waals surface area contributed by atoms with Crippen molar-refractivity contribution in [1.29, 1.82) is 0 Å². The molecule has 0 fully saturated rings. The maximum Gasteiger partial charge on any atom is 0.320 e. The van der Waals surface area contributed by atoms with Gasteiger partial charge in [0.15, 0.2) is 0 Å². The van der Waals surface area contributed by atoms with Crippen molar-refractivity contribution in [3.8, 4) is 0 Å². The topological polar surface area (TPSA) is 109 Å². The lowest BCUT2D eigenvalue weighted by molar-refractivity contribution is -0.138. The second-order valence-electron chi connectivity index (χ2n) is 5.40. The largest absolute Gasteiger partial charge is 0.480 e. The molecule has 1 atom stereocenters. The fourth-order valence-corrected chi connectivity index (χ4v) is 3.82. The van der Waals surface area contributed by atoms with E-state index in [1.165, 1.54) is 18.2 Å². The van der Waals surface area contributed by atoms with Gasteiger partial charge in [-0.1, -0.05) is 47.5 Å². The summed E-state index contributed by atoms with van der Waals surface area (Å²) in [5.41, 5.74) is 6.94. The van der Waals surface area contributed by atoms with E-state index in [0.29, 0.717) is 5.56 Å². The summed E-state index contributed by atoms with van der Waals surface area (Å²) in [6, 6.07) is 9.93. The third kappa shape index (κ3) is 5.69. The quantitative estimate of drug-likeness (QED) is 0.658. The van der Waals surface area contributed by atoms with Gasteiger partial charge >= 0.3 is 5.97 Å². The molecular formula is C16H16Cl2N2O4S. The van der Waals surface area contributed by atoms with Crippen molar-refractivity contribution in [2.75, 3.05) is 0 Å². The zero-order valence-electron chi connectivity index (χ0n) is 12.9. The van der Waals surface area contributed by atoms with Crippen LogP contribution < -0.4 is 10.5 Å². The fourth-order valence-electron chi connectivity index (χ4n) is 2.08. The van der Waals surface area contributed by atoms with Crippen LogP contribution in [0.25, 0.3) is 0 Å². The minimum atomic E-state index is -3.76. The SMILES string of the molecule is N[C@@H](Cc1ccc(CNS(=O)(=O)c2cc(Cl)cc(Cl)c2)cc1)C(=O)O. The predicted octanol–water partition coefficient (Wildman–Crippen LogP) is 2.43. The molecule has 0 aromatic heterocycles. The minimum absolute atomic E-state index is 0.0194. The highest BCUT2D eigenvalue weighted by Crippen LogP contribution is 2.22. The van der Waals surface area contributed by atoms with Crippen molar-refractivity contribution < 1.29 is 18.3 Å². The van der Waals surface area contributed by atoms with Crippen molar-refractivity contribution in [3.05, 3.63) is 63.6 Å². The zero-order valence-corrected chi connectivity index (χ0v) is 15.3. The number of carboxylic acid groups (broad SMARTS) is 1. The molecule has 25 heavy (non-hydrogen) atoms. The minimum Gasteiger partial charge on any atom is -0.480 e. The van der Waals surface area contributed by atoms with E-state index < -0.39 is 22.0 Å². The molecule has 0 radical (unpaired) electrons. The van der Waals surface area contributed by atoms with Gasteiger partial charge in [0.05, 0.1) is 4.90 Å². The van der Waals surface area contributed by atoms with Crippen LogP contribution in [-0.2, 0) is 27.8 Å². The van der Waals surface area contributed by atoms with Crippen LogP contribution in [0.2, 0.25) is 10.0 Å². The Balaban J connectivity index is 2.04. The Morgan fingerprint density at radius 3 is 2.12 bits per heavy atom. The lowest BCUT2D eigenvalue weighted by Gasteiger charge is -2.09. The van der Waals surface area contributed by atoms with Crippen LogP contribution >= 0.6 is 23.2 Å². The number of aliphatic carboxylic acids is 1. The van der Waals surface area contributed by atoms with Gasteiger partial charge in [-0.15, -0.1) is 0 Å². The summed E-state index contributed by atoms with van der Waals surface area (Å²) >= 11 is 11.7. The highest BCUT2D eigenvalue weighted by Gasteiger charge is 2.16. The van der Waals surface area contributed by atoms with E-state index in [-0.39, 0.29) is 27.9 Å². The van der Waals surface area contributed by atoms with Gasteiger partial charge in [-0.2, -0.15) is 0 Å². The Bertz CT molecular complexity index is 850. The van der Waals surface area contributed by atoms with E-state index in [0.717, 1.165) is 5.56 Å². The maximum absolute atomic E-state index is 12.3. The van der Waals surface area contributed by atoms with Gasteiger partial charge in [-0.3, -0.25) is 4.79 Å². The van der Waals surface area contributed by atoms with Gasteiger partial charge in [-0.25, -0.2) is 13.1 Å². The third-order valence-corrected chi connectivity index (χ3v) is 5.23. The van der Waals surface area contributed by atoms with Crippen molar-refractivity contribution in [2.45, 2.75) is 23.9 Å². The molecule has 0 saturated heterocycles. The number of hydrogen-bond donors (Lipinski definition) is 3. The van der Waals surface area contributed by atoms with E-state index in [9.17, 15) is 13.2 Å². The van der Waals surface area contributed by atoms with Gasteiger partial charge < -0.3 is 10.8 Å². The lowest BCUT2D eigenvalue weighted by atomic mass is 10.0. The first-order valence-electron chi connectivity index (χ1n) is 7.19. The number of hydrogen-bond acceptors (Lipinski definition) is 4. The Morgan fingerprint density at radius 2 is 1.60 bits per heavy atom. The molecule has 2 aromatic rings. The first-order chi connectivity index (χ1) is 11.7. The van der Waals surface area contributed by atoms with Gasteiger partial charge in [0.1, 0.15) is 6.04 Å². The van der Waals surface area contributed by atoms with Gasteiger partial charge in [0, 0.05) is 16.6 Å². The first-order valence-corrected chi connectivity index (χ1v) is 9.43. The monoisotopic (exact) mass is 402 g/mol. The van der Waals surface area contributed by atoms with Crippen molar-refractivity contribution in [3.63, 3.8) is 0 Å². The molecule has 2 aromatic carbocycles. The molecule has 0 heterocycles. The Labute approximate surface area is 155 Å². The maximum atomic E-state index is 12.3. The Morgan fingerprint density at radius 1 is 1.08 bits per heavy atom. The van der Waals surface area contributed by atoms with Crippen molar-refractivity contribution in [1.82, 2.24) is 4.72 Å². The smallest absolute Gasteiger partial charge is 0.320 e. The summed E-state index contributed by atoms with van der Waals surface area (Å²) in [6.45, 7) is 0.0672. The zero-order chi connectivity index (χ0) is 18.6. The predicted molar refractivity (Wildman–Crippen MR) is 96.2 cm³/mol. The number of benzene rings is 2. The molecule has 4 N–H and O–H groups in total. The van der Waals surface area contributed by atoms with Crippen LogP contribution in [0.1, 0.15) is 11.1 Å². The molecule has 0 unspecified atom stereocenters. The number of carbonyl (C=O) groups is 1. The highest BCUT2D eigenvalue weighted by atomic mass is 35.5. The van der Waals surface area contributed by atoms with E-state index in [1.807, 2.05) is 0 Å². The Hall–Kier alpha value is -1.64. The second-order valence-corrected chi connectivity index (χ2v) is 8.03. The van der Waals surface area contributed by atoms with Gasteiger partial charge in [0.2, 0.25) is 10.0 Å². The molecule has 0 amide bonds. The molecule has 6 nitrogen and oxygen atoms in total. The number of carboxylic acids is 1.